The van der Waals surface area contributed by atoms with Gasteiger partial charge in [0, 0.05) is 39.1 Å². The Balaban J connectivity index is 2.01. The van der Waals surface area contributed by atoms with Gasteiger partial charge in [0.1, 0.15) is 5.75 Å². The summed E-state index contributed by atoms with van der Waals surface area (Å²) < 4.78 is 11.3. The molecule has 1 aliphatic heterocycles. The molecule has 1 fully saturated rings. The number of halogens is 2. The SMILES string of the molecule is C[Si](C)(C)CCOCOc1ccc(Cl)c(Cl)c1C1CNC(=O)C1. The first kappa shape index (κ1) is 18.6. The summed E-state index contributed by atoms with van der Waals surface area (Å²) in [5.41, 5.74) is 0.784. The molecule has 1 amide bonds. The van der Waals surface area contributed by atoms with Gasteiger partial charge in [-0.15, -0.1) is 0 Å². The summed E-state index contributed by atoms with van der Waals surface area (Å²) in [5.74, 6) is 0.628. The van der Waals surface area contributed by atoms with Crippen LogP contribution in [0.2, 0.25) is 35.7 Å². The molecule has 1 aliphatic rings. The quantitative estimate of drug-likeness (QED) is 0.439. The Morgan fingerprint density at radius 3 is 2.65 bits per heavy atom. The smallest absolute Gasteiger partial charge is 0.220 e. The van der Waals surface area contributed by atoms with Crippen molar-refractivity contribution in [3.05, 3.63) is 27.7 Å². The van der Waals surface area contributed by atoms with Gasteiger partial charge in [-0.2, -0.15) is 0 Å². The van der Waals surface area contributed by atoms with Crippen molar-refractivity contribution in [1.29, 1.82) is 0 Å². The molecule has 23 heavy (non-hydrogen) atoms. The van der Waals surface area contributed by atoms with Crippen LogP contribution in [-0.2, 0) is 9.53 Å². The summed E-state index contributed by atoms with van der Waals surface area (Å²) in [4.78, 5) is 11.5. The zero-order chi connectivity index (χ0) is 17.0. The van der Waals surface area contributed by atoms with E-state index in [4.69, 9.17) is 32.7 Å². The summed E-state index contributed by atoms with van der Waals surface area (Å²) >= 11 is 12.5. The van der Waals surface area contributed by atoms with E-state index in [1.807, 2.05) is 0 Å². The number of hydrogen-bond donors (Lipinski definition) is 1. The van der Waals surface area contributed by atoms with E-state index in [9.17, 15) is 4.79 Å². The molecule has 0 radical (unpaired) electrons. The lowest BCUT2D eigenvalue weighted by Crippen LogP contribution is -2.22. The van der Waals surface area contributed by atoms with Gasteiger partial charge in [-0.1, -0.05) is 42.8 Å². The molecule has 1 atom stereocenters. The molecular weight excluding hydrogens is 353 g/mol. The normalized spacial score (nSPS) is 18.1. The fourth-order valence-electron chi connectivity index (χ4n) is 2.41. The number of rotatable bonds is 7. The first-order chi connectivity index (χ1) is 10.8. The van der Waals surface area contributed by atoms with Crippen LogP contribution in [0, 0.1) is 0 Å². The van der Waals surface area contributed by atoms with Crippen molar-refractivity contribution < 1.29 is 14.3 Å². The molecule has 0 saturated carbocycles. The number of amides is 1. The number of carbonyl (C=O) groups is 1. The van der Waals surface area contributed by atoms with Crippen LogP contribution in [0.15, 0.2) is 12.1 Å². The Kier molecular flexibility index (Phi) is 6.37. The minimum Gasteiger partial charge on any atom is -0.467 e. The maximum Gasteiger partial charge on any atom is 0.220 e. The van der Waals surface area contributed by atoms with Crippen molar-refractivity contribution in [1.82, 2.24) is 5.32 Å². The molecule has 4 nitrogen and oxygen atoms in total. The summed E-state index contributed by atoms with van der Waals surface area (Å²) in [6.07, 6.45) is 0.396. The fourth-order valence-corrected chi connectivity index (χ4v) is 3.64. The third kappa shape index (κ3) is 5.38. The van der Waals surface area contributed by atoms with Crippen LogP contribution in [0.25, 0.3) is 0 Å². The second-order valence-corrected chi connectivity index (χ2v) is 13.4. The Hall–Kier alpha value is -0.753. The molecule has 2 rings (SSSR count). The van der Waals surface area contributed by atoms with Gasteiger partial charge in [-0.05, 0) is 18.2 Å². The number of hydrogen-bond acceptors (Lipinski definition) is 3. The predicted molar refractivity (Wildman–Crippen MR) is 96.4 cm³/mol. The van der Waals surface area contributed by atoms with Crippen molar-refractivity contribution in [3.63, 3.8) is 0 Å². The minimum absolute atomic E-state index is 0.0170. The molecular formula is C16H23Cl2NO3Si. The summed E-state index contributed by atoms with van der Waals surface area (Å²) in [6.45, 7) is 8.32. The fraction of sp³-hybridized carbons (Fsp3) is 0.562. The molecule has 1 heterocycles. The summed E-state index contributed by atoms with van der Waals surface area (Å²) in [5, 5.41) is 3.73. The lowest BCUT2D eigenvalue weighted by atomic mass is 9.97. The second-order valence-electron chi connectivity index (χ2n) is 6.96. The van der Waals surface area contributed by atoms with Gasteiger partial charge in [0.05, 0.1) is 10.0 Å². The van der Waals surface area contributed by atoms with Gasteiger partial charge < -0.3 is 14.8 Å². The van der Waals surface area contributed by atoms with Gasteiger partial charge in [-0.3, -0.25) is 4.79 Å². The molecule has 1 N–H and O–H groups in total. The Morgan fingerprint density at radius 1 is 1.30 bits per heavy atom. The Bertz CT molecular complexity index is 575. The van der Waals surface area contributed by atoms with Crippen LogP contribution in [-0.4, -0.2) is 33.9 Å². The van der Waals surface area contributed by atoms with E-state index < -0.39 is 8.07 Å². The van der Waals surface area contributed by atoms with Crippen molar-refractivity contribution in [2.24, 2.45) is 0 Å². The van der Waals surface area contributed by atoms with E-state index in [0.717, 1.165) is 11.6 Å². The monoisotopic (exact) mass is 375 g/mol. The third-order valence-corrected chi connectivity index (χ3v) is 6.30. The lowest BCUT2D eigenvalue weighted by molar-refractivity contribution is -0.119. The zero-order valence-electron chi connectivity index (χ0n) is 13.7. The average molecular weight is 376 g/mol. The molecule has 0 aromatic heterocycles. The predicted octanol–water partition coefficient (Wildman–Crippen LogP) is 4.29. The first-order valence-electron chi connectivity index (χ1n) is 7.73. The van der Waals surface area contributed by atoms with Crippen LogP contribution >= 0.6 is 23.2 Å². The molecule has 0 aliphatic carbocycles. The zero-order valence-corrected chi connectivity index (χ0v) is 16.3. The van der Waals surface area contributed by atoms with Crippen molar-refractivity contribution in [3.8, 4) is 5.75 Å². The van der Waals surface area contributed by atoms with Gasteiger partial charge in [0.2, 0.25) is 5.91 Å². The summed E-state index contributed by atoms with van der Waals surface area (Å²) in [7, 11) is -1.11. The molecule has 128 valence electrons. The lowest BCUT2D eigenvalue weighted by Gasteiger charge is -2.19. The van der Waals surface area contributed by atoms with E-state index in [2.05, 4.69) is 25.0 Å². The molecule has 0 bridgehead atoms. The molecule has 1 aromatic carbocycles. The van der Waals surface area contributed by atoms with Gasteiger partial charge in [-0.25, -0.2) is 0 Å². The van der Waals surface area contributed by atoms with Crippen LogP contribution < -0.4 is 10.1 Å². The third-order valence-electron chi connectivity index (χ3n) is 3.77. The van der Waals surface area contributed by atoms with Crippen LogP contribution in [0.5, 0.6) is 5.75 Å². The van der Waals surface area contributed by atoms with Crippen molar-refractivity contribution in [2.75, 3.05) is 19.9 Å². The molecule has 1 aromatic rings. The highest BCUT2D eigenvalue weighted by molar-refractivity contribution is 6.76. The van der Waals surface area contributed by atoms with E-state index in [-0.39, 0.29) is 18.6 Å². The molecule has 1 saturated heterocycles. The second kappa shape index (κ2) is 7.88. The Labute approximate surface area is 148 Å². The highest BCUT2D eigenvalue weighted by Gasteiger charge is 2.28. The first-order valence-corrected chi connectivity index (χ1v) is 12.2. The van der Waals surface area contributed by atoms with Crippen LogP contribution in [0.1, 0.15) is 17.9 Å². The standard InChI is InChI=1S/C16H23Cl2NO3Si/c1-23(2,3)7-6-21-10-22-13-5-4-12(17)16(18)15(13)11-8-14(20)19-9-11/h4-5,11H,6-10H2,1-3H3,(H,19,20). The maximum atomic E-state index is 11.5. The number of benzene rings is 1. The van der Waals surface area contributed by atoms with E-state index >= 15 is 0 Å². The molecule has 1 unspecified atom stereocenters. The highest BCUT2D eigenvalue weighted by atomic mass is 35.5. The largest absolute Gasteiger partial charge is 0.467 e. The van der Waals surface area contributed by atoms with E-state index in [1.165, 1.54) is 0 Å². The average Bonchev–Trinajstić information content (AvgIpc) is 2.87. The van der Waals surface area contributed by atoms with Gasteiger partial charge in [0.25, 0.3) is 0 Å². The van der Waals surface area contributed by atoms with Crippen molar-refractivity contribution in [2.45, 2.75) is 38.0 Å². The number of ether oxygens (including phenoxy) is 2. The van der Waals surface area contributed by atoms with Gasteiger partial charge in [0.15, 0.2) is 6.79 Å². The minimum atomic E-state index is -1.11. The topological polar surface area (TPSA) is 47.6 Å². The maximum absolute atomic E-state index is 11.5. The summed E-state index contributed by atoms with van der Waals surface area (Å²) in [6, 6.07) is 4.58. The van der Waals surface area contributed by atoms with Crippen molar-refractivity contribution >= 4 is 37.2 Å². The Morgan fingerprint density at radius 2 is 2.04 bits per heavy atom. The van der Waals surface area contributed by atoms with E-state index in [1.54, 1.807) is 12.1 Å². The number of carbonyl (C=O) groups excluding carboxylic acids is 1. The van der Waals surface area contributed by atoms with Crippen LogP contribution in [0.4, 0.5) is 0 Å². The molecule has 0 spiro atoms. The molecule has 7 heteroatoms. The number of nitrogens with one attached hydrogen (secondary N) is 1. The highest BCUT2D eigenvalue weighted by Crippen LogP contribution is 2.40. The van der Waals surface area contributed by atoms with E-state index in [0.29, 0.717) is 35.4 Å². The van der Waals surface area contributed by atoms with Crippen LogP contribution in [0.3, 0.4) is 0 Å². The van der Waals surface area contributed by atoms with Gasteiger partial charge >= 0.3 is 0 Å².